The van der Waals surface area contributed by atoms with Crippen LogP contribution >= 0.6 is 22.6 Å². The summed E-state index contributed by atoms with van der Waals surface area (Å²) in [6, 6.07) is 4.68. The largest absolute Gasteiger partial charge is 0.103 e. The molecule has 0 radical (unpaired) electrons. The van der Waals surface area contributed by atoms with E-state index in [0.717, 1.165) is 6.42 Å². The molecular weight excluding hydrogens is 319 g/mol. The summed E-state index contributed by atoms with van der Waals surface area (Å²) < 4.78 is 1.37. The Hall–Kier alpha value is -0.570. The van der Waals surface area contributed by atoms with Crippen LogP contribution in [0.5, 0.6) is 0 Å². The molecule has 1 aliphatic carbocycles. The second kappa shape index (κ2) is 5.85. The third-order valence-electron chi connectivity index (χ3n) is 3.39. The molecule has 1 aromatic carbocycles. The van der Waals surface area contributed by atoms with Gasteiger partial charge in [0.05, 0.1) is 0 Å². The topological polar surface area (TPSA) is 0 Å². The summed E-state index contributed by atoms with van der Waals surface area (Å²) in [5.41, 5.74) is 5.83. The van der Waals surface area contributed by atoms with Gasteiger partial charge in [-0.05, 0) is 89.9 Å². The van der Waals surface area contributed by atoms with Crippen molar-refractivity contribution >= 4 is 28.2 Å². The van der Waals surface area contributed by atoms with Gasteiger partial charge in [-0.15, -0.1) is 6.58 Å². The Morgan fingerprint density at radius 3 is 2.82 bits per heavy atom. The van der Waals surface area contributed by atoms with Crippen LogP contribution in [0.15, 0.2) is 30.9 Å². The molecule has 1 aromatic rings. The minimum atomic E-state index is 0.971. The fraction of sp³-hybridized carbons (Fsp3) is 0.375. The van der Waals surface area contributed by atoms with Gasteiger partial charge in [0, 0.05) is 3.57 Å². The number of hydrogen-bond donors (Lipinski definition) is 0. The molecule has 0 aromatic heterocycles. The van der Waals surface area contributed by atoms with Gasteiger partial charge in [-0.25, -0.2) is 0 Å². The SMILES string of the molecule is C=CCc1cc(C)c(C2=CCCCC2)cc1I. The van der Waals surface area contributed by atoms with E-state index >= 15 is 0 Å². The maximum absolute atomic E-state index is 3.82. The van der Waals surface area contributed by atoms with Crippen LogP contribution < -0.4 is 0 Å². The van der Waals surface area contributed by atoms with Crippen molar-refractivity contribution in [3.8, 4) is 0 Å². The van der Waals surface area contributed by atoms with Gasteiger partial charge in [-0.1, -0.05) is 18.2 Å². The second-order valence-corrected chi connectivity index (χ2v) is 5.89. The van der Waals surface area contributed by atoms with Gasteiger partial charge in [0.1, 0.15) is 0 Å². The molecule has 0 fully saturated rings. The molecule has 1 aliphatic rings. The molecular formula is C16H19I. The van der Waals surface area contributed by atoms with Crippen molar-refractivity contribution in [1.82, 2.24) is 0 Å². The quantitative estimate of drug-likeness (QED) is 0.519. The highest BCUT2D eigenvalue weighted by Gasteiger charge is 2.11. The maximum Gasteiger partial charge on any atom is 0.0171 e. The summed E-state index contributed by atoms with van der Waals surface area (Å²) in [5.74, 6) is 0. The predicted octanol–water partition coefficient (Wildman–Crippen LogP) is 5.29. The van der Waals surface area contributed by atoms with E-state index in [1.54, 1.807) is 5.57 Å². The molecule has 0 nitrogen and oxygen atoms in total. The van der Waals surface area contributed by atoms with E-state index in [4.69, 9.17) is 0 Å². The van der Waals surface area contributed by atoms with Crippen molar-refractivity contribution in [1.29, 1.82) is 0 Å². The number of rotatable bonds is 3. The number of aryl methyl sites for hydroxylation is 1. The van der Waals surface area contributed by atoms with Crippen molar-refractivity contribution in [3.05, 3.63) is 51.1 Å². The summed E-state index contributed by atoms with van der Waals surface area (Å²) in [7, 11) is 0. The van der Waals surface area contributed by atoms with E-state index in [2.05, 4.69) is 54.3 Å². The van der Waals surface area contributed by atoms with Crippen LogP contribution in [0, 0.1) is 10.5 Å². The lowest BCUT2D eigenvalue weighted by Gasteiger charge is -2.17. The highest BCUT2D eigenvalue weighted by Crippen LogP contribution is 2.31. The summed E-state index contributed by atoms with van der Waals surface area (Å²) >= 11 is 2.45. The van der Waals surface area contributed by atoms with Gasteiger partial charge < -0.3 is 0 Å². The molecule has 2 rings (SSSR count). The minimum Gasteiger partial charge on any atom is -0.103 e. The van der Waals surface area contributed by atoms with Crippen molar-refractivity contribution < 1.29 is 0 Å². The second-order valence-electron chi connectivity index (χ2n) is 4.73. The molecule has 0 atom stereocenters. The Morgan fingerprint density at radius 2 is 2.18 bits per heavy atom. The van der Waals surface area contributed by atoms with Crippen molar-refractivity contribution in [2.45, 2.75) is 39.0 Å². The highest BCUT2D eigenvalue weighted by molar-refractivity contribution is 14.1. The fourth-order valence-corrected chi connectivity index (χ4v) is 3.17. The zero-order valence-electron chi connectivity index (χ0n) is 10.4. The number of hydrogen-bond acceptors (Lipinski definition) is 0. The van der Waals surface area contributed by atoms with Gasteiger partial charge in [-0.2, -0.15) is 0 Å². The van der Waals surface area contributed by atoms with Crippen LogP contribution in [0.25, 0.3) is 5.57 Å². The average molecular weight is 338 g/mol. The number of halogens is 1. The molecule has 1 heteroatoms. The van der Waals surface area contributed by atoms with Gasteiger partial charge in [-0.3, -0.25) is 0 Å². The van der Waals surface area contributed by atoms with Crippen molar-refractivity contribution in [2.75, 3.05) is 0 Å². The summed E-state index contributed by atoms with van der Waals surface area (Å²) in [4.78, 5) is 0. The first kappa shape index (κ1) is 12.9. The molecule has 17 heavy (non-hydrogen) atoms. The zero-order chi connectivity index (χ0) is 12.3. The molecule has 0 saturated carbocycles. The van der Waals surface area contributed by atoms with Gasteiger partial charge in [0.15, 0.2) is 0 Å². The van der Waals surface area contributed by atoms with Crippen LogP contribution in [-0.2, 0) is 6.42 Å². The Kier molecular flexibility index (Phi) is 4.43. The van der Waals surface area contributed by atoms with Crippen LogP contribution in [-0.4, -0.2) is 0 Å². The molecule has 0 unspecified atom stereocenters. The van der Waals surface area contributed by atoms with E-state index in [9.17, 15) is 0 Å². The third-order valence-corrected chi connectivity index (χ3v) is 4.40. The molecule has 0 heterocycles. The highest BCUT2D eigenvalue weighted by atomic mass is 127. The Labute approximate surface area is 118 Å². The lowest BCUT2D eigenvalue weighted by atomic mass is 9.90. The van der Waals surface area contributed by atoms with Gasteiger partial charge in [0.2, 0.25) is 0 Å². The van der Waals surface area contributed by atoms with Crippen LogP contribution in [0.4, 0.5) is 0 Å². The smallest absolute Gasteiger partial charge is 0.0171 e. The van der Waals surface area contributed by atoms with Crippen molar-refractivity contribution in [2.24, 2.45) is 0 Å². The molecule has 0 spiro atoms. The Morgan fingerprint density at radius 1 is 1.35 bits per heavy atom. The fourth-order valence-electron chi connectivity index (χ4n) is 2.48. The van der Waals surface area contributed by atoms with E-state index in [-0.39, 0.29) is 0 Å². The Bertz CT molecular complexity index is 455. The van der Waals surface area contributed by atoms with Crippen LogP contribution in [0.3, 0.4) is 0 Å². The minimum absolute atomic E-state index is 0.971. The predicted molar refractivity (Wildman–Crippen MR) is 84.2 cm³/mol. The third kappa shape index (κ3) is 3.01. The van der Waals surface area contributed by atoms with E-state index in [0.29, 0.717) is 0 Å². The molecule has 0 amide bonds. The first-order chi connectivity index (χ1) is 8.22. The van der Waals surface area contributed by atoms with Gasteiger partial charge in [0.25, 0.3) is 0 Å². The normalized spacial score (nSPS) is 15.5. The summed E-state index contributed by atoms with van der Waals surface area (Å²) in [6.45, 7) is 6.05. The monoisotopic (exact) mass is 338 g/mol. The lowest BCUT2D eigenvalue weighted by molar-refractivity contribution is 0.741. The van der Waals surface area contributed by atoms with E-state index < -0.39 is 0 Å². The first-order valence-electron chi connectivity index (χ1n) is 6.31. The van der Waals surface area contributed by atoms with Crippen LogP contribution in [0.1, 0.15) is 42.4 Å². The maximum atomic E-state index is 3.82. The number of allylic oxidation sites excluding steroid dienone is 3. The molecule has 0 N–H and O–H groups in total. The van der Waals surface area contributed by atoms with Crippen molar-refractivity contribution in [3.63, 3.8) is 0 Å². The molecule has 0 saturated heterocycles. The lowest BCUT2D eigenvalue weighted by Crippen LogP contribution is -1.98. The first-order valence-corrected chi connectivity index (χ1v) is 7.39. The van der Waals surface area contributed by atoms with Gasteiger partial charge >= 0.3 is 0 Å². The zero-order valence-corrected chi connectivity index (χ0v) is 12.6. The summed E-state index contributed by atoms with van der Waals surface area (Å²) in [6.07, 6.45) is 10.6. The molecule has 0 aliphatic heterocycles. The van der Waals surface area contributed by atoms with Crippen LogP contribution in [0.2, 0.25) is 0 Å². The van der Waals surface area contributed by atoms with E-state index in [1.807, 2.05) is 6.08 Å². The molecule has 90 valence electrons. The molecule has 0 bridgehead atoms. The standard InChI is InChI=1S/C16H19I/c1-3-7-14-10-12(2)15(11-16(14)17)13-8-5-4-6-9-13/h3,8,10-11H,1,4-7,9H2,2H3. The average Bonchev–Trinajstić information content (AvgIpc) is 2.35. The Balaban J connectivity index is 2.38. The number of benzene rings is 1. The summed E-state index contributed by atoms with van der Waals surface area (Å²) in [5, 5.41) is 0. The van der Waals surface area contributed by atoms with E-state index in [1.165, 1.54) is 45.9 Å².